The first kappa shape index (κ1) is 9.50. The molecule has 0 spiro atoms. The molecule has 1 heterocycles. The quantitative estimate of drug-likeness (QED) is 0.680. The average Bonchev–Trinajstić information content (AvgIpc) is 2.30. The summed E-state index contributed by atoms with van der Waals surface area (Å²) in [6.45, 7) is 4.54. The standard InChI is InChI=1S/C9H15NO2/c1-3-8(2)5-7-12-9(8,11)4-6-10/h11H,3-5,7H2,1-2H3. The molecule has 0 aromatic heterocycles. The minimum Gasteiger partial charge on any atom is -0.364 e. The molecule has 3 nitrogen and oxygen atoms in total. The van der Waals surface area contributed by atoms with Crippen molar-refractivity contribution in [3.8, 4) is 6.07 Å². The normalized spacial score (nSPS) is 41.2. The van der Waals surface area contributed by atoms with E-state index in [2.05, 4.69) is 0 Å². The molecule has 0 amide bonds. The molecule has 0 radical (unpaired) electrons. The molecule has 0 aromatic rings. The summed E-state index contributed by atoms with van der Waals surface area (Å²) in [5.74, 6) is -1.21. The number of rotatable bonds is 2. The van der Waals surface area contributed by atoms with E-state index in [1.807, 2.05) is 19.9 Å². The van der Waals surface area contributed by atoms with Crippen molar-refractivity contribution in [1.82, 2.24) is 0 Å². The third kappa shape index (κ3) is 1.21. The van der Waals surface area contributed by atoms with E-state index in [0.29, 0.717) is 6.61 Å². The van der Waals surface area contributed by atoms with Gasteiger partial charge in [0, 0.05) is 5.41 Å². The second kappa shape index (κ2) is 3.04. The van der Waals surface area contributed by atoms with Crippen LogP contribution in [0.1, 0.15) is 33.1 Å². The Balaban J connectivity index is 2.82. The number of aliphatic hydroxyl groups is 1. The van der Waals surface area contributed by atoms with Gasteiger partial charge in [0.15, 0.2) is 5.79 Å². The van der Waals surface area contributed by atoms with Gasteiger partial charge in [-0.15, -0.1) is 0 Å². The minimum atomic E-state index is -1.21. The van der Waals surface area contributed by atoms with Crippen LogP contribution in [-0.4, -0.2) is 17.5 Å². The van der Waals surface area contributed by atoms with Crippen LogP contribution in [-0.2, 0) is 4.74 Å². The minimum absolute atomic E-state index is 0.0668. The Hall–Kier alpha value is -0.590. The molecule has 2 unspecified atom stereocenters. The molecule has 0 saturated carbocycles. The number of ether oxygens (including phenoxy) is 1. The van der Waals surface area contributed by atoms with Crippen molar-refractivity contribution in [3.05, 3.63) is 0 Å². The van der Waals surface area contributed by atoms with Crippen LogP contribution in [0, 0.1) is 16.7 Å². The Morgan fingerprint density at radius 3 is 2.83 bits per heavy atom. The van der Waals surface area contributed by atoms with E-state index in [4.69, 9.17) is 10.00 Å². The summed E-state index contributed by atoms with van der Waals surface area (Å²) < 4.78 is 5.22. The highest BCUT2D eigenvalue weighted by Gasteiger charge is 2.50. The fourth-order valence-electron chi connectivity index (χ4n) is 1.64. The molecule has 3 heteroatoms. The van der Waals surface area contributed by atoms with Crippen LogP contribution in [0.25, 0.3) is 0 Å². The monoisotopic (exact) mass is 169 g/mol. The lowest BCUT2D eigenvalue weighted by Crippen LogP contribution is -2.42. The first-order valence-corrected chi connectivity index (χ1v) is 4.31. The molecule has 1 aliphatic heterocycles. The van der Waals surface area contributed by atoms with Gasteiger partial charge in [-0.25, -0.2) is 0 Å². The van der Waals surface area contributed by atoms with E-state index in [9.17, 15) is 5.11 Å². The van der Waals surface area contributed by atoms with Gasteiger partial charge in [0.1, 0.15) is 0 Å². The van der Waals surface area contributed by atoms with Crippen molar-refractivity contribution in [2.45, 2.75) is 38.9 Å². The lowest BCUT2D eigenvalue weighted by Gasteiger charge is -2.35. The Morgan fingerprint density at radius 1 is 1.67 bits per heavy atom. The molecular formula is C9H15NO2. The molecule has 12 heavy (non-hydrogen) atoms. The molecule has 68 valence electrons. The van der Waals surface area contributed by atoms with Crippen LogP contribution < -0.4 is 0 Å². The topological polar surface area (TPSA) is 53.2 Å². The second-order valence-corrected chi connectivity index (χ2v) is 3.63. The van der Waals surface area contributed by atoms with Crippen LogP contribution in [0.5, 0.6) is 0 Å². The zero-order valence-electron chi connectivity index (χ0n) is 7.63. The van der Waals surface area contributed by atoms with Crippen molar-refractivity contribution < 1.29 is 9.84 Å². The number of hydrogen-bond donors (Lipinski definition) is 1. The van der Waals surface area contributed by atoms with Gasteiger partial charge < -0.3 is 9.84 Å². The Bertz CT molecular complexity index is 211. The highest BCUT2D eigenvalue weighted by molar-refractivity contribution is 4.98. The summed E-state index contributed by atoms with van der Waals surface area (Å²) in [5.41, 5.74) is -0.247. The SMILES string of the molecule is CCC1(C)CCOC1(O)CC#N. The molecule has 1 N–H and O–H groups in total. The predicted molar refractivity (Wildman–Crippen MR) is 44.1 cm³/mol. The number of hydrogen-bond acceptors (Lipinski definition) is 3. The fourth-order valence-corrected chi connectivity index (χ4v) is 1.64. The van der Waals surface area contributed by atoms with E-state index in [1.54, 1.807) is 0 Å². The van der Waals surface area contributed by atoms with Crippen LogP contribution >= 0.6 is 0 Å². The Kier molecular flexibility index (Phi) is 2.41. The lowest BCUT2D eigenvalue weighted by molar-refractivity contribution is -0.219. The highest BCUT2D eigenvalue weighted by Crippen LogP contribution is 2.45. The van der Waals surface area contributed by atoms with E-state index >= 15 is 0 Å². The summed E-state index contributed by atoms with van der Waals surface area (Å²) in [5, 5.41) is 18.5. The van der Waals surface area contributed by atoms with E-state index in [0.717, 1.165) is 12.8 Å². The van der Waals surface area contributed by atoms with Gasteiger partial charge in [-0.1, -0.05) is 13.8 Å². The molecule has 2 atom stereocenters. The van der Waals surface area contributed by atoms with Gasteiger partial charge in [0.05, 0.1) is 19.1 Å². The number of nitriles is 1. The summed E-state index contributed by atoms with van der Waals surface area (Å²) in [4.78, 5) is 0. The molecule has 1 saturated heterocycles. The van der Waals surface area contributed by atoms with Gasteiger partial charge in [0.2, 0.25) is 0 Å². The zero-order valence-corrected chi connectivity index (χ0v) is 7.63. The van der Waals surface area contributed by atoms with E-state index < -0.39 is 5.79 Å². The Morgan fingerprint density at radius 2 is 2.33 bits per heavy atom. The van der Waals surface area contributed by atoms with Gasteiger partial charge in [-0.3, -0.25) is 0 Å². The third-order valence-corrected chi connectivity index (χ3v) is 3.04. The lowest BCUT2D eigenvalue weighted by atomic mass is 9.77. The van der Waals surface area contributed by atoms with Crippen LogP contribution in [0.15, 0.2) is 0 Å². The molecule has 1 fully saturated rings. The van der Waals surface area contributed by atoms with Gasteiger partial charge in [-0.05, 0) is 12.8 Å². The van der Waals surface area contributed by atoms with Gasteiger partial charge >= 0.3 is 0 Å². The summed E-state index contributed by atoms with van der Waals surface area (Å²) in [6.07, 6.45) is 1.74. The predicted octanol–water partition coefficient (Wildman–Crippen LogP) is 1.43. The summed E-state index contributed by atoms with van der Waals surface area (Å²) >= 11 is 0. The first-order chi connectivity index (χ1) is 5.58. The second-order valence-electron chi connectivity index (χ2n) is 3.63. The van der Waals surface area contributed by atoms with Crippen molar-refractivity contribution in [2.24, 2.45) is 5.41 Å². The highest BCUT2D eigenvalue weighted by atomic mass is 16.6. The van der Waals surface area contributed by atoms with Crippen LogP contribution in [0.2, 0.25) is 0 Å². The van der Waals surface area contributed by atoms with Crippen molar-refractivity contribution in [1.29, 1.82) is 5.26 Å². The summed E-state index contributed by atoms with van der Waals surface area (Å²) in [6, 6.07) is 1.96. The van der Waals surface area contributed by atoms with Crippen molar-refractivity contribution >= 4 is 0 Å². The molecule has 1 rings (SSSR count). The largest absolute Gasteiger partial charge is 0.364 e. The van der Waals surface area contributed by atoms with Gasteiger partial charge in [0.25, 0.3) is 0 Å². The number of nitrogens with zero attached hydrogens (tertiary/aromatic N) is 1. The smallest absolute Gasteiger partial charge is 0.184 e. The first-order valence-electron chi connectivity index (χ1n) is 4.31. The van der Waals surface area contributed by atoms with Crippen molar-refractivity contribution in [3.63, 3.8) is 0 Å². The van der Waals surface area contributed by atoms with Crippen LogP contribution in [0.4, 0.5) is 0 Å². The third-order valence-electron chi connectivity index (χ3n) is 3.04. The van der Waals surface area contributed by atoms with Crippen molar-refractivity contribution in [2.75, 3.05) is 6.61 Å². The maximum absolute atomic E-state index is 9.97. The molecule has 0 aliphatic carbocycles. The Labute approximate surface area is 73.0 Å². The van der Waals surface area contributed by atoms with E-state index in [1.165, 1.54) is 0 Å². The summed E-state index contributed by atoms with van der Waals surface area (Å²) in [7, 11) is 0. The van der Waals surface area contributed by atoms with Crippen LogP contribution in [0.3, 0.4) is 0 Å². The zero-order chi connectivity index (χ0) is 9.24. The fraction of sp³-hybridized carbons (Fsp3) is 0.889. The van der Waals surface area contributed by atoms with Gasteiger partial charge in [-0.2, -0.15) is 5.26 Å². The molecular weight excluding hydrogens is 154 g/mol. The molecule has 0 bridgehead atoms. The maximum atomic E-state index is 9.97. The van der Waals surface area contributed by atoms with E-state index in [-0.39, 0.29) is 11.8 Å². The molecule has 1 aliphatic rings. The molecule has 0 aromatic carbocycles. The maximum Gasteiger partial charge on any atom is 0.184 e. The average molecular weight is 169 g/mol.